The first-order chi connectivity index (χ1) is 11.6. The first-order valence-electron chi connectivity index (χ1n) is 7.30. The van der Waals surface area contributed by atoms with Crippen LogP contribution in [0.2, 0.25) is 0 Å². The molecule has 0 saturated carbocycles. The molecule has 0 aliphatic carbocycles. The molecule has 3 rings (SSSR count). The summed E-state index contributed by atoms with van der Waals surface area (Å²) in [5, 5.41) is 18.3. The Hall–Kier alpha value is -3.05. The van der Waals surface area contributed by atoms with Gasteiger partial charge in [-0.1, -0.05) is 41.7 Å². The van der Waals surface area contributed by atoms with E-state index in [1.807, 2.05) is 56.2 Å². The zero-order valence-electron chi connectivity index (χ0n) is 13.6. The number of thiazole rings is 1. The van der Waals surface area contributed by atoms with Crippen molar-refractivity contribution in [3.63, 3.8) is 0 Å². The predicted molar refractivity (Wildman–Crippen MR) is 95.4 cm³/mol. The molecule has 0 atom stereocenters. The zero-order valence-corrected chi connectivity index (χ0v) is 14.4. The van der Waals surface area contributed by atoms with Crippen molar-refractivity contribution in [2.75, 3.05) is 17.8 Å². The van der Waals surface area contributed by atoms with E-state index in [2.05, 4.69) is 26.9 Å². The van der Waals surface area contributed by atoms with Crippen molar-refractivity contribution in [1.82, 2.24) is 14.3 Å². The minimum Gasteiger partial charge on any atom is -0.365 e. The maximum atomic E-state index is 9.24. The van der Waals surface area contributed by atoms with Crippen LogP contribution in [0, 0.1) is 11.3 Å². The van der Waals surface area contributed by atoms with Gasteiger partial charge in [0.05, 0.1) is 0 Å². The van der Waals surface area contributed by atoms with Gasteiger partial charge in [-0.2, -0.15) is 10.4 Å². The van der Waals surface area contributed by atoms with Crippen LogP contribution in [0.5, 0.6) is 0 Å². The number of nitrogens with one attached hydrogen (secondary N) is 2. The SMILES string of the molecule is CNc1nc(-c2ccccc2)c(NN=c2c(C#N)cn(C)n2C)s1. The van der Waals surface area contributed by atoms with Gasteiger partial charge in [0, 0.05) is 32.9 Å². The van der Waals surface area contributed by atoms with Crippen molar-refractivity contribution in [3.05, 3.63) is 47.6 Å². The molecule has 8 heteroatoms. The number of nitriles is 1. The van der Waals surface area contributed by atoms with E-state index in [-0.39, 0.29) is 0 Å². The van der Waals surface area contributed by atoms with E-state index in [4.69, 9.17) is 0 Å². The second kappa shape index (κ2) is 6.60. The lowest BCUT2D eigenvalue weighted by atomic mass is 10.2. The summed E-state index contributed by atoms with van der Waals surface area (Å²) in [6.07, 6.45) is 1.74. The second-order valence-electron chi connectivity index (χ2n) is 5.11. The number of anilines is 2. The van der Waals surface area contributed by atoms with Crippen LogP contribution in [0.3, 0.4) is 0 Å². The molecule has 2 aromatic heterocycles. The molecule has 24 heavy (non-hydrogen) atoms. The molecule has 122 valence electrons. The fourth-order valence-electron chi connectivity index (χ4n) is 2.26. The van der Waals surface area contributed by atoms with E-state index < -0.39 is 0 Å². The Morgan fingerprint density at radius 3 is 2.67 bits per heavy atom. The van der Waals surface area contributed by atoms with Gasteiger partial charge in [0.2, 0.25) is 0 Å². The first-order valence-corrected chi connectivity index (χ1v) is 8.12. The number of hydrogen-bond donors (Lipinski definition) is 2. The molecular weight excluding hydrogens is 322 g/mol. The van der Waals surface area contributed by atoms with Gasteiger partial charge in [-0.15, -0.1) is 0 Å². The number of hydrogen-bond acceptors (Lipinski definition) is 6. The van der Waals surface area contributed by atoms with Crippen LogP contribution < -0.4 is 16.2 Å². The van der Waals surface area contributed by atoms with Crippen LogP contribution in [0.15, 0.2) is 41.6 Å². The topological polar surface area (TPSA) is 83.0 Å². The van der Waals surface area contributed by atoms with Crippen LogP contribution in [-0.2, 0) is 14.1 Å². The summed E-state index contributed by atoms with van der Waals surface area (Å²) in [6, 6.07) is 12.1. The third-order valence-electron chi connectivity index (χ3n) is 3.61. The Labute approximate surface area is 143 Å². The summed E-state index contributed by atoms with van der Waals surface area (Å²) in [7, 11) is 5.55. The predicted octanol–water partition coefficient (Wildman–Crippen LogP) is 2.33. The largest absolute Gasteiger partial charge is 0.365 e. The monoisotopic (exact) mass is 339 g/mol. The Balaban J connectivity index is 2.04. The van der Waals surface area contributed by atoms with Crippen LogP contribution in [0.25, 0.3) is 11.3 Å². The molecule has 3 aromatic rings. The molecule has 0 spiro atoms. The summed E-state index contributed by atoms with van der Waals surface area (Å²) in [6.45, 7) is 0. The fourth-order valence-corrected chi connectivity index (χ4v) is 3.05. The Kier molecular flexibility index (Phi) is 4.35. The van der Waals surface area contributed by atoms with Gasteiger partial charge in [0.25, 0.3) is 0 Å². The van der Waals surface area contributed by atoms with Crippen LogP contribution in [0.4, 0.5) is 10.1 Å². The fraction of sp³-hybridized carbons (Fsp3) is 0.188. The van der Waals surface area contributed by atoms with Gasteiger partial charge in [-0.3, -0.25) is 14.8 Å². The highest BCUT2D eigenvalue weighted by Crippen LogP contribution is 2.35. The van der Waals surface area contributed by atoms with Gasteiger partial charge in [0.1, 0.15) is 22.3 Å². The molecule has 1 aromatic carbocycles. The van der Waals surface area contributed by atoms with Crippen molar-refractivity contribution in [1.29, 1.82) is 5.26 Å². The highest BCUT2D eigenvalue weighted by Gasteiger charge is 2.12. The molecule has 0 unspecified atom stereocenters. The molecule has 2 N–H and O–H groups in total. The maximum absolute atomic E-state index is 9.24. The number of nitrogens with zero attached hydrogens (tertiary/aromatic N) is 5. The molecule has 0 bridgehead atoms. The van der Waals surface area contributed by atoms with E-state index in [0.717, 1.165) is 21.4 Å². The maximum Gasteiger partial charge on any atom is 0.186 e. The Bertz CT molecular complexity index is 957. The quantitative estimate of drug-likeness (QED) is 0.715. The van der Waals surface area contributed by atoms with Crippen molar-refractivity contribution in [3.8, 4) is 17.3 Å². The average molecular weight is 339 g/mol. The Morgan fingerprint density at radius 1 is 1.25 bits per heavy atom. The first kappa shape index (κ1) is 15.8. The average Bonchev–Trinajstić information content (AvgIpc) is 3.15. The summed E-state index contributed by atoms with van der Waals surface area (Å²) >= 11 is 1.47. The number of aryl methyl sites for hydroxylation is 1. The second-order valence-corrected chi connectivity index (χ2v) is 6.11. The van der Waals surface area contributed by atoms with Crippen molar-refractivity contribution >= 4 is 21.5 Å². The third-order valence-corrected chi connectivity index (χ3v) is 4.59. The van der Waals surface area contributed by atoms with E-state index in [1.54, 1.807) is 10.9 Å². The lowest BCUT2D eigenvalue weighted by molar-refractivity contribution is 0.571. The van der Waals surface area contributed by atoms with Crippen LogP contribution in [0.1, 0.15) is 5.56 Å². The van der Waals surface area contributed by atoms with Gasteiger partial charge < -0.3 is 5.32 Å². The molecule has 2 heterocycles. The standard InChI is InChI=1S/C16H17N7S/c1-18-16-19-13(11-7-5-4-6-8-11)15(24-16)21-20-14-12(9-17)10-22(2)23(14)3/h4-8,10,21H,1-3H3,(H,18,19). The molecule has 0 amide bonds. The summed E-state index contributed by atoms with van der Waals surface area (Å²) in [5.41, 5.74) is 5.97. The molecule has 0 aliphatic rings. The van der Waals surface area contributed by atoms with E-state index in [9.17, 15) is 5.26 Å². The lowest BCUT2D eigenvalue weighted by Crippen LogP contribution is -2.21. The lowest BCUT2D eigenvalue weighted by Gasteiger charge is -2.02. The van der Waals surface area contributed by atoms with Gasteiger partial charge in [0.15, 0.2) is 10.6 Å². The molecule has 7 nitrogen and oxygen atoms in total. The zero-order chi connectivity index (χ0) is 17.1. The van der Waals surface area contributed by atoms with Crippen molar-refractivity contribution < 1.29 is 0 Å². The van der Waals surface area contributed by atoms with Crippen molar-refractivity contribution in [2.45, 2.75) is 0 Å². The Morgan fingerprint density at radius 2 is 2.00 bits per heavy atom. The highest BCUT2D eigenvalue weighted by molar-refractivity contribution is 7.20. The van der Waals surface area contributed by atoms with Gasteiger partial charge >= 0.3 is 0 Å². The smallest absolute Gasteiger partial charge is 0.186 e. The normalized spacial score (nSPS) is 11.3. The molecular formula is C16H17N7S. The van der Waals surface area contributed by atoms with Gasteiger partial charge in [-0.05, 0) is 0 Å². The minimum atomic E-state index is 0.507. The summed E-state index contributed by atoms with van der Waals surface area (Å²) < 4.78 is 3.61. The summed E-state index contributed by atoms with van der Waals surface area (Å²) in [4.78, 5) is 4.59. The van der Waals surface area contributed by atoms with E-state index in [1.165, 1.54) is 11.3 Å². The molecule has 0 aliphatic heterocycles. The van der Waals surface area contributed by atoms with E-state index in [0.29, 0.717) is 11.1 Å². The van der Waals surface area contributed by atoms with Gasteiger partial charge in [-0.25, -0.2) is 4.98 Å². The highest BCUT2D eigenvalue weighted by atomic mass is 32.1. The van der Waals surface area contributed by atoms with Crippen LogP contribution >= 0.6 is 11.3 Å². The molecule has 0 radical (unpaired) electrons. The number of rotatable bonds is 4. The molecule has 0 saturated heterocycles. The minimum absolute atomic E-state index is 0.507. The number of aromatic nitrogens is 3. The molecule has 0 fully saturated rings. The van der Waals surface area contributed by atoms with Crippen molar-refractivity contribution in [2.24, 2.45) is 19.2 Å². The third kappa shape index (κ3) is 2.89. The summed E-state index contributed by atoms with van der Waals surface area (Å²) in [5.74, 6) is 0. The van der Waals surface area contributed by atoms with E-state index >= 15 is 0 Å². The van der Waals surface area contributed by atoms with Crippen LogP contribution in [-0.4, -0.2) is 21.4 Å². The number of benzene rings is 1.